The predicted octanol–water partition coefficient (Wildman–Crippen LogP) is 2.81. The summed E-state index contributed by atoms with van der Waals surface area (Å²) in [4.78, 5) is 11.6. The average molecular weight is 284 g/mol. The van der Waals surface area contributed by atoms with E-state index in [4.69, 9.17) is 4.74 Å². The normalized spacial score (nSPS) is 16.6. The summed E-state index contributed by atoms with van der Waals surface area (Å²) in [5.74, 6) is 0.244. The number of rotatable bonds is 4. The molecule has 1 fully saturated rings. The number of benzene rings is 1. The van der Waals surface area contributed by atoms with Crippen LogP contribution in [0, 0.1) is 5.92 Å². The van der Waals surface area contributed by atoms with Crippen LogP contribution in [-0.2, 0) is 9.53 Å². The van der Waals surface area contributed by atoms with Crippen LogP contribution in [0.4, 0.5) is 5.69 Å². The average Bonchev–Trinajstić information content (AvgIpc) is 3.09. The number of esters is 1. The predicted molar refractivity (Wildman–Crippen MR) is 66.3 cm³/mol. The van der Waals surface area contributed by atoms with Gasteiger partial charge in [0.05, 0.1) is 7.11 Å². The molecule has 1 N–H and O–H groups in total. The number of halogens is 1. The van der Waals surface area contributed by atoms with E-state index >= 15 is 0 Å². The van der Waals surface area contributed by atoms with Crippen LogP contribution in [0.5, 0.6) is 0 Å². The Kier molecular flexibility index (Phi) is 3.49. The van der Waals surface area contributed by atoms with Gasteiger partial charge in [0.2, 0.25) is 0 Å². The highest BCUT2D eigenvalue weighted by Gasteiger charge is 2.36. The Balaban J connectivity index is 2.08. The SMILES string of the molecule is COC(=O)C(Nc1cccc(Br)c1)C1CC1. The van der Waals surface area contributed by atoms with Crippen molar-refractivity contribution in [2.45, 2.75) is 18.9 Å². The van der Waals surface area contributed by atoms with Crippen molar-refractivity contribution in [3.63, 3.8) is 0 Å². The van der Waals surface area contributed by atoms with Crippen molar-refractivity contribution in [1.82, 2.24) is 0 Å². The van der Waals surface area contributed by atoms with Crippen LogP contribution < -0.4 is 5.32 Å². The molecule has 86 valence electrons. The minimum atomic E-state index is -0.209. The minimum Gasteiger partial charge on any atom is -0.467 e. The van der Waals surface area contributed by atoms with Crippen LogP contribution in [0.3, 0.4) is 0 Å². The molecule has 0 amide bonds. The fourth-order valence-electron chi connectivity index (χ4n) is 1.68. The van der Waals surface area contributed by atoms with E-state index < -0.39 is 0 Å². The van der Waals surface area contributed by atoms with Crippen LogP contribution in [0.2, 0.25) is 0 Å². The lowest BCUT2D eigenvalue weighted by Crippen LogP contribution is -2.32. The van der Waals surface area contributed by atoms with Crippen LogP contribution in [0.15, 0.2) is 28.7 Å². The molecule has 0 radical (unpaired) electrons. The monoisotopic (exact) mass is 283 g/mol. The Bertz CT molecular complexity index is 390. The smallest absolute Gasteiger partial charge is 0.328 e. The molecule has 4 heteroatoms. The number of hydrogen-bond donors (Lipinski definition) is 1. The summed E-state index contributed by atoms with van der Waals surface area (Å²) >= 11 is 3.40. The highest BCUT2D eigenvalue weighted by atomic mass is 79.9. The summed E-state index contributed by atoms with van der Waals surface area (Å²) < 4.78 is 5.80. The lowest BCUT2D eigenvalue weighted by atomic mass is 10.1. The van der Waals surface area contributed by atoms with Crippen molar-refractivity contribution >= 4 is 27.6 Å². The van der Waals surface area contributed by atoms with Crippen LogP contribution >= 0.6 is 15.9 Å². The molecule has 1 aliphatic rings. The van der Waals surface area contributed by atoms with Gasteiger partial charge in [-0.05, 0) is 37.0 Å². The molecule has 16 heavy (non-hydrogen) atoms. The third kappa shape index (κ3) is 2.76. The van der Waals surface area contributed by atoms with E-state index in [2.05, 4.69) is 21.2 Å². The number of nitrogens with one attached hydrogen (secondary N) is 1. The largest absolute Gasteiger partial charge is 0.467 e. The van der Waals surface area contributed by atoms with E-state index in [1.807, 2.05) is 24.3 Å². The topological polar surface area (TPSA) is 38.3 Å². The molecule has 3 nitrogen and oxygen atoms in total. The van der Waals surface area contributed by atoms with Gasteiger partial charge >= 0.3 is 5.97 Å². The van der Waals surface area contributed by atoms with E-state index in [1.54, 1.807) is 0 Å². The third-order valence-electron chi connectivity index (χ3n) is 2.70. The minimum absolute atomic E-state index is 0.178. The zero-order chi connectivity index (χ0) is 11.5. The van der Waals surface area contributed by atoms with Gasteiger partial charge in [-0.15, -0.1) is 0 Å². The molecular formula is C12H14BrNO2. The van der Waals surface area contributed by atoms with Gasteiger partial charge in [-0.2, -0.15) is 0 Å². The molecule has 1 aromatic carbocycles. The molecule has 1 atom stereocenters. The second-order valence-corrected chi connectivity index (χ2v) is 4.91. The Labute approximate surface area is 103 Å². The molecule has 1 aromatic rings. The lowest BCUT2D eigenvalue weighted by molar-refractivity contribution is -0.142. The van der Waals surface area contributed by atoms with E-state index in [-0.39, 0.29) is 12.0 Å². The fourth-order valence-corrected chi connectivity index (χ4v) is 2.08. The highest BCUT2D eigenvalue weighted by molar-refractivity contribution is 9.10. The van der Waals surface area contributed by atoms with Crippen molar-refractivity contribution in [3.8, 4) is 0 Å². The molecule has 1 unspecified atom stereocenters. The summed E-state index contributed by atoms with van der Waals surface area (Å²) in [6.45, 7) is 0. The Morgan fingerprint density at radius 2 is 2.31 bits per heavy atom. The summed E-state index contributed by atoms with van der Waals surface area (Å²) in [5, 5.41) is 3.23. The quantitative estimate of drug-likeness (QED) is 0.864. The van der Waals surface area contributed by atoms with Crippen molar-refractivity contribution in [3.05, 3.63) is 28.7 Å². The first-order valence-corrected chi connectivity index (χ1v) is 6.10. The Hall–Kier alpha value is -1.03. The van der Waals surface area contributed by atoms with Gasteiger partial charge in [0.1, 0.15) is 6.04 Å². The van der Waals surface area contributed by atoms with Crippen molar-refractivity contribution < 1.29 is 9.53 Å². The molecule has 0 aromatic heterocycles. The number of anilines is 1. The molecule has 1 saturated carbocycles. The van der Waals surface area contributed by atoms with Gasteiger partial charge in [-0.3, -0.25) is 0 Å². The second kappa shape index (κ2) is 4.87. The maximum Gasteiger partial charge on any atom is 0.328 e. The number of carbonyl (C=O) groups is 1. The van der Waals surface area contributed by atoms with Crippen LogP contribution in [0.1, 0.15) is 12.8 Å². The standard InChI is InChI=1S/C12H14BrNO2/c1-16-12(15)11(8-5-6-8)14-10-4-2-3-9(13)7-10/h2-4,7-8,11,14H,5-6H2,1H3. The molecule has 2 rings (SSSR count). The molecule has 0 saturated heterocycles. The maximum atomic E-state index is 11.6. The summed E-state index contributed by atoms with van der Waals surface area (Å²) in [6, 6.07) is 7.59. The number of methoxy groups -OCH3 is 1. The van der Waals surface area contributed by atoms with Gasteiger partial charge in [-0.1, -0.05) is 22.0 Å². The van der Waals surface area contributed by atoms with Gasteiger partial charge < -0.3 is 10.1 Å². The van der Waals surface area contributed by atoms with E-state index in [1.165, 1.54) is 7.11 Å². The van der Waals surface area contributed by atoms with Crippen LogP contribution in [0.25, 0.3) is 0 Å². The van der Waals surface area contributed by atoms with Gasteiger partial charge in [0, 0.05) is 10.2 Å². The molecule has 1 aliphatic carbocycles. The van der Waals surface area contributed by atoms with Crippen LogP contribution in [-0.4, -0.2) is 19.1 Å². The fraction of sp³-hybridized carbons (Fsp3) is 0.417. The summed E-state index contributed by atoms with van der Waals surface area (Å²) in [5.41, 5.74) is 0.941. The molecular weight excluding hydrogens is 270 g/mol. The Morgan fingerprint density at radius 3 is 2.88 bits per heavy atom. The first kappa shape index (κ1) is 11.5. The molecule has 0 aliphatic heterocycles. The van der Waals surface area contributed by atoms with E-state index in [0.29, 0.717) is 5.92 Å². The lowest BCUT2D eigenvalue weighted by Gasteiger charge is -2.17. The van der Waals surface area contributed by atoms with E-state index in [0.717, 1.165) is 23.0 Å². The summed E-state index contributed by atoms with van der Waals surface area (Å²) in [7, 11) is 1.43. The first-order valence-electron chi connectivity index (χ1n) is 5.30. The number of hydrogen-bond acceptors (Lipinski definition) is 3. The van der Waals surface area contributed by atoms with Crippen molar-refractivity contribution in [2.24, 2.45) is 5.92 Å². The second-order valence-electron chi connectivity index (χ2n) is 3.99. The third-order valence-corrected chi connectivity index (χ3v) is 3.19. The van der Waals surface area contributed by atoms with Crippen molar-refractivity contribution in [2.75, 3.05) is 12.4 Å². The highest BCUT2D eigenvalue weighted by Crippen LogP contribution is 2.35. The van der Waals surface area contributed by atoms with Gasteiger partial charge in [-0.25, -0.2) is 4.79 Å². The Morgan fingerprint density at radius 1 is 1.56 bits per heavy atom. The number of ether oxygens (including phenoxy) is 1. The maximum absolute atomic E-state index is 11.6. The first-order chi connectivity index (χ1) is 7.70. The van der Waals surface area contributed by atoms with Gasteiger partial charge in [0.25, 0.3) is 0 Å². The zero-order valence-electron chi connectivity index (χ0n) is 9.07. The molecule has 0 heterocycles. The summed E-state index contributed by atoms with van der Waals surface area (Å²) in [6.07, 6.45) is 2.20. The number of carbonyl (C=O) groups excluding carboxylic acids is 1. The van der Waals surface area contributed by atoms with Crippen molar-refractivity contribution in [1.29, 1.82) is 0 Å². The molecule has 0 bridgehead atoms. The van der Waals surface area contributed by atoms with E-state index in [9.17, 15) is 4.79 Å². The van der Waals surface area contributed by atoms with Gasteiger partial charge in [0.15, 0.2) is 0 Å². The zero-order valence-corrected chi connectivity index (χ0v) is 10.7. The molecule has 0 spiro atoms.